The van der Waals surface area contributed by atoms with Crippen molar-refractivity contribution in [3.8, 4) is 0 Å². The molecule has 1 aromatic rings. The van der Waals surface area contributed by atoms with Gasteiger partial charge in [0.2, 0.25) is 5.91 Å². The minimum absolute atomic E-state index is 0.209. The van der Waals surface area contributed by atoms with Gasteiger partial charge >= 0.3 is 0 Å². The van der Waals surface area contributed by atoms with Crippen LogP contribution in [0.1, 0.15) is 24.8 Å². The third kappa shape index (κ3) is 3.15. The molecule has 2 fully saturated rings. The Kier molecular flexibility index (Phi) is 4.27. The van der Waals surface area contributed by atoms with Crippen LogP contribution in [0.2, 0.25) is 5.02 Å². The van der Waals surface area contributed by atoms with Gasteiger partial charge in [0.15, 0.2) is 0 Å². The van der Waals surface area contributed by atoms with Crippen LogP contribution in [0.15, 0.2) is 24.3 Å². The lowest BCUT2D eigenvalue weighted by molar-refractivity contribution is -0.134. The van der Waals surface area contributed by atoms with Crippen LogP contribution in [0.25, 0.3) is 0 Å². The van der Waals surface area contributed by atoms with Crippen molar-refractivity contribution in [2.75, 3.05) is 26.2 Å². The maximum atomic E-state index is 12.4. The number of carbonyl (C=O) groups is 1. The normalized spacial score (nSPS) is 23.4. The summed E-state index contributed by atoms with van der Waals surface area (Å²) >= 11 is 5.90. The van der Waals surface area contributed by atoms with E-state index in [9.17, 15) is 4.79 Å². The van der Waals surface area contributed by atoms with Crippen LogP contribution in [-0.4, -0.2) is 41.9 Å². The summed E-state index contributed by atoms with van der Waals surface area (Å²) in [7, 11) is 0. The van der Waals surface area contributed by atoms with E-state index in [2.05, 4.69) is 21.9 Å². The summed E-state index contributed by atoms with van der Waals surface area (Å²) in [6.07, 6.45) is 3.35. The van der Waals surface area contributed by atoms with Gasteiger partial charge in [-0.2, -0.15) is 0 Å². The molecule has 2 saturated heterocycles. The third-order valence-electron chi connectivity index (χ3n) is 4.36. The van der Waals surface area contributed by atoms with Crippen LogP contribution >= 0.6 is 11.6 Å². The largest absolute Gasteiger partial charge is 0.342 e. The molecule has 1 unspecified atom stereocenters. The molecule has 0 spiro atoms. The van der Waals surface area contributed by atoms with Gasteiger partial charge in [0.1, 0.15) is 0 Å². The molecule has 2 aliphatic rings. The van der Waals surface area contributed by atoms with Gasteiger partial charge in [-0.3, -0.25) is 9.69 Å². The Morgan fingerprint density at radius 2 is 1.85 bits per heavy atom. The first-order chi connectivity index (χ1) is 9.72. The Labute approximate surface area is 125 Å². The lowest BCUT2D eigenvalue weighted by Crippen LogP contribution is -2.35. The first-order valence-corrected chi connectivity index (χ1v) is 7.86. The Morgan fingerprint density at radius 1 is 1.15 bits per heavy atom. The van der Waals surface area contributed by atoms with Gasteiger partial charge in [0.25, 0.3) is 0 Å². The minimum atomic E-state index is 0.209. The number of benzene rings is 1. The average Bonchev–Trinajstić information content (AvgIpc) is 3.12. The molecule has 2 heterocycles. The van der Waals surface area contributed by atoms with Gasteiger partial charge in [-0.05, 0) is 43.5 Å². The van der Waals surface area contributed by atoms with Gasteiger partial charge in [-0.25, -0.2) is 0 Å². The first-order valence-electron chi connectivity index (χ1n) is 7.48. The second-order valence-electron chi connectivity index (χ2n) is 5.88. The first kappa shape index (κ1) is 13.9. The standard InChI is InChI=1S/C16H21ClN2O/c17-15-5-3-13(4-6-15)11-18-10-7-14(12-18)16(20)19-8-1-2-9-19/h3-6,14H,1-2,7-12H2. The van der Waals surface area contributed by atoms with Crippen LogP contribution in [0.3, 0.4) is 0 Å². The van der Waals surface area contributed by atoms with E-state index in [1.54, 1.807) is 0 Å². The summed E-state index contributed by atoms with van der Waals surface area (Å²) in [5, 5.41) is 0.775. The van der Waals surface area contributed by atoms with Crippen molar-refractivity contribution >= 4 is 17.5 Å². The molecular weight excluding hydrogens is 272 g/mol. The molecule has 1 aromatic carbocycles. The Bertz CT molecular complexity index is 468. The Balaban J connectivity index is 1.54. The van der Waals surface area contributed by atoms with Gasteiger partial charge in [-0.15, -0.1) is 0 Å². The highest BCUT2D eigenvalue weighted by molar-refractivity contribution is 6.30. The molecule has 0 N–H and O–H groups in total. The molecule has 0 saturated carbocycles. The van der Waals surface area contributed by atoms with E-state index < -0.39 is 0 Å². The number of hydrogen-bond donors (Lipinski definition) is 0. The number of nitrogens with zero attached hydrogens (tertiary/aromatic N) is 2. The SMILES string of the molecule is O=C(C1CCN(Cc2ccc(Cl)cc2)C1)N1CCCC1. The lowest BCUT2D eigenvalue weighted by atomic mass is 10.1. The van der Waals surface area contributed by atoms with Crippen molar-refractivity contribution < 1.29 is 4.79 Å². The van der Waals surface area contributed by atoms with Crippen LogP contribution in [0.4, 0.5) is 0 Å². The number of carbonyl (C=O) groups excluding carboxylic acids is 1. The monoisotopic (exact) mass is 292 g/mol. The molecule has 3 rings (SSSR count). The van der Waals surface area contributed by atoms with Crippen molar-refractivity contribution in [3.63, 3.8) is 0 Å². The number of hydrogen-bond acceptors (Lipinski definition) is 2. The molecular formula is C16H21ClN2O. The van der Waals surface area contributed by atoms with E-state index in [-0.39, 0.29) is 5.92 Å². The van der Waals surface area contributed by atoms with Crippen molar-refractivity contribution in [1.29, 1.82) is 0 Å². The summed E-state index contributed by atoms with van der Waals surface area (Å²) in [6, 6.07) is 8.00. The van der Waals surface area contributed by atoms with Gasteiger partial charge < -0.3 is 4.90 Å². The van der Waals surface area contributed by atoms with E-state index in [0.29, 0.717) is 5.91 Å². The van der Waals surface area contributed by atoms with Gasteiger partial charge in [-0.1, -0.05) is 23.7 Å². The second kappa shape index (κ2) is 6.15. The van der Waals surface area contributed by atoms with E-state index in [4.69, 9.17) is 11.6 Å². The number of rotatable bonds is 3. The van der Waals surface area contributed by atoms with Crippen LogP contribution in [0.5, 0.6) is 0 Å². The van der Waals surface area contributed by atoms with E-state index >= 15 is 0 Å². The summed E-state index contributed by atoms with van der Waals surface area (Å²) in [6.45, 7) is 4.77. The summed E-state index contributed by atoms with van der Waals surface area (Å²) in [5.41, 5.74) is 1.27. The maximum absolute atomic E-state index is 12.4. The Morgan fingerprint density at radius 3 is 2.55 bits per heavy atom. The zero-order chi connectivity index (χ0) is 13.9. The van der Waals surface area contributed by atoms with Crippen molar-refractivity contribution in [3.05, 3.63) is 34.9 Å². The molecule has 0 aliphatic carbocycles. The molecule has 108 valence electrons. The van der Waals surface area contributed by atoms with E-state index in [1.165, 1.54) is 18.4 Å². The predicted octanol–water partition coefficient (Wildman–Crippen LogP) is 2.78. The molecule has 4 heteroatoms. The predicted molar refractivity (Wildman–Crippen MR) is 80.7 cm³/mol. The molecule has 0 bridgehead atoms. The number of halogens is 1. The topological polar surface area (TPSA) is 23.6 Å². The average molecular weight is 293 g/mol. The van der Waals surface area contributed by atoms with Crippen molar-refractivity contribution in [2.24, 2.45) is 5.92 Å². The van der Waals surface area contributed by atoms with E-state index in [1.807, 2.05) is 12.1 Å². The quantitative estimate of drug-likeness (QED) is 0.855. The van der Waals surface area contributed by atoms with E-state index in [0.717, 1.165) is 44.2 Å². The van der Waals surface area contributed by atoms with Gasteiger partial charge in [0.05, 0.1) is 5.92 Å². The molecule has 1 amide bonds. The highest BCUT2D eigenvalue weighted by Gasteiger charge is 2.32. The minimum Gasteiger partial charge on any atom is -0.342 e. The molecule has 1 atom stereocenters. The molecule has 0 radical (unpaired) electrons. The molecule has 2 aliphatic heterocycles. The van der Waals surface area contributed by atoms with Crippen LogP contribution in [0, 0.1) is 5.92 Å². The number of likely N-dealkylation sites (tertiary alicyclic amines) is 2. The van der Waals surface area contributed by atoms with Gasteiger partial charge in [0, 0.05) is 31.2 Å². The fraction of sp³-hybridized carbons (Fsp3) is 0.562. The summed E-state index contributed by atoms with van der Waals surface area (Å²) in [5.74, 6) is 0.585. The lowest BCUT2D eigenvalue weighted by Gasteiger charge is -2.20. The molecule has 20 heavy (non-hydrogen) atoms. The van der Waals surface area contributed by atoms with Crippen LogP contribution in [-0.2, 0) is 11.3 Å². The van der Waals surface area contributed by atoms with Crippen LogP contribution < -0.4 is 0 Å². The summed E-state index contributed by atoms with van der Waals surface area (Å²) < 4.78 is 0. The smallest absolute Gasteiger partial charge is 0.227 e. The van der Waals surface area contributed by atoms with Crippen molar-refractivity contribution in [1.82, 2.24) is 9.80 Å². The fourth-order valence-corrected chi connectivity index (χ4v) is 3.35. The zero-order valence-electron chi connectivity index (χ0n) is 11.7. The molecule has 0 aromatic heterocycles. The third-order valence-corrected chi connectivity index (χ3v) is 4.61. The maximum Gasteiger partial charge on any atom is 0.227 e. The number of amides is 1. The van der Waals surface area contributed by atoms with Crippen molar-refractivity contribution in [2.45, 2.75) is 25.8 Å². The second-order valence-corrected chi connectivity index (χ2v) is 6.32. The fourth-order valence-electron chi connectivity index (χ4n) is 3.22. The summed E-state index contributed by atoms with van der Waals surface area (Å²) in [4.78, 5) is 16.8. The molecule has 3 nitrogen and oxygen atoms in total. The zero-order valence-corrected chi connectivity index (χ0v) is 12.5. The highest BCUT2D eigenvalue weighted by atomic mass is 35.5. The Hall–Kier alpha value is -1.06. The highest BCUT2D eigenvalue weighted by Crippen LogP contribution is 2.23.